The van der Waals surface area contributed by atoms with Crippen molar-refractivity contribution in [2.75, 3.05) is 7.11 Å². The van der Waals surface area contributed by atoms with Crippen LogP contribution in [0.15, 0.2) is 6.07 Å². The Kier molecular flexibility index (Phi) is 3.42. The van der Waals surface area contributed by atoms with Gasteiger partial charge in [0.05, 0.1) is 23.9 Å². The van der Waals surface area contributed by atoms with E-state index in [0.29, 0.717) is 11.4 Å². The van der Waals surface area contributed by atoms with E-state index in [9.17, 15) is 9.59 Å². The first-order valence-corrected chi connectivity index (χ1v) is 4.61. The van der Waals surface area contributed by atoms with Crippen LogP contribution in [-0.4, -0.2) is 23.3 Å². The van der Waals surface area contributed by atoms with Crippen LogP contribution >= 0.6 is 11.6 Å². The average Bonchev–Trinajstić information content (AvgIpc) is 2.16. The summed E-state index contributed by atoms with van der Waals surface area (Å²) < 4.78 is 4.56. The molecule has 0 atom stereocenters. The number of aromatic nitrogens is 1. The molecule has 5 heteroatoms. The molecule has 80 valence electrons. The number of pyridine rings is 1. The van der Waals surface area contributed by atoms with Gasteiger partial charge in [0, 0.05) is 5.69 Å². The van der Waals surface area contributed by atoms with Crippen LogP contribution in [0.5, 0.6) is 0 Å². The van der Waals surface area contributed by atoms with Crippen LogP contribution in [-0.2, 0) is 4.74 Å². The number of rotatable bonds is 2. The second-order valence-corrected chi connectivity index (χ2v) is 3.36. The topological polar surface area (TPSA) is 56.3 Å². The Morgan fingerprint density at radius 3 is 2.27 bits per heavy atom. The third kappa shape index (κ3) is 2.33. The van der Waals surface area contributed by atoms with Gasteiger partial charge in [-0.1, -0.05) is 0 Å². The van der Waals surface area contributed by atoms with E-state index < -0.39 is 11.2 Å². The third-order valence-electron chi connectivity index (χ3n) is 2.02. The smallest absolute Gasteiger partial charge is 0.339 e. The van der Waals surface area contributed by atoms with Crippen LogP contribution in [0.1, 0.15) is 32.1 Å². The Morgan fingerprint density at radius 1 is 1.27 bits per heavy atom. The van der Waals surface area contributed by atoms with E-state index in [1.807, 2.05) is 0 Å². The maximum Gasteiger partial charge on any atom is 0.339 e. The van der Waals surface area contributed by atoms with Gasteiger partial charge in [-0.05, 0) is 31.5 Å². The summed E-state index contributed by atoms with van der Waals surface area (Å²) >= 11 is 5.35. The number of esters is 1. The van der Waals surface area contributed by atoms with Crippen molar-refractivity contribution < 1.29 is 14.3 Å². The lowest BCUT2D eigenvalue weighted by Gasteiger charge is -2.06. The van der Waals surface area contributed by atoms with Gasteiger partial charge in [0.15, 0.2) is 0 Å². The summed E-state index contributed by atoms with van der Waals surface area (Å²) in [5.74, 6) is -0.529. The number of halogens is 1. The van der Waals surface area contributed by atoms with Crippen molar-refractivity contribution in [3.63, 3.8) is 0 Å². The van der Waals surface area contributed by atoms with Gasteiger partial charge in [0.1, 0.15) is 0 Å². The second-order valence-electron chi connectivity index (χ2n) is 3.02. The van der Waals surface area contributed by atoms with Crippen LogP contribution in [0.3, 0.4) is 0 Å². The first kappa shape index (κ1) is 11.7. The van der Waals surface area contributed by atoms with Gasteiger partial charge in [0.25, 0.3) is 5.24 Å². The molecule has 1 rings (SSSR count). The zero-order chi connectivity index (χ0) is 11.6. The Labute approximate surface area is 92.2 Å². The number of nitrogens with zero attached hydrogens (tertiary/aromatic N) is 1. The number of aryl methyl sites for hydroxylation is 2. The summed E-state index contributed by atoms with van der Waals surface area (Å²) in [5.41, 5.74) is 1.50. The molecule has 0 saturated carbocycles. The summed E-state index contributed by atoms with van der Waals surface area (Å²) in [5, 5.41) is -0.634. The molecule has 0 aliphatic rings. The predicted octanol–water partition coefficient (Wildman–Crippen LogP) is 1.86. The number of hydrogen-bond acceptors (Lipinski definition) is 4. The fourth-order valence-electron chi connectivity index (χ4n) is 1.24. The highest BCUT2D eigenvalue weighted by Gasteiger charge is 2.16. The molecule has 0 spiro atoms. The monoisotopic (exact) mass is 227 g/mol. The number of hydrogen-bond donors (Lipinski definition) is 0. The molecule has 0 radical (unpaired) electrons. The Morgan fingerprint density at radius 2 is 1.80 bits per heavy atom. The first-order valence-electron chi connectivity index (χ1n) is 4.23. The van der Waals surface area contributed by atoms with Crippen molar-refractivity contribution in [2.45, 2.75) is 13.8 Å². The lowest BCUT2D eigenvalue weighted by atomic mass is 10.1. The van der Waals surface area contributed by atoms with Crippen LogP contribution in [0, 0.1) is 13.8 Å². The highest BCUT2D eigenvalue weighted by atomic mass is 35.5. The van der Waals surface area contributed by atoms with Crippen molar-refractivity contribution >= 4 is 22.8 Å². The zero-order valence-electron chi connectivity index (χ0n) is 8.63. The van der Waals surface area contributed by atoms with E-state index in [-0.39, 0.29) is 11.1 Å². The molecule has 1 heterocycles. The molecule has 0 aromatic carbocycles. The SMILES string of the molecule is COC(=O)c1cc(C(=O)Cl)c(C)nc1C. The van der Waals surface area contributed by atoms with E-state index in [2.05, 4.69) is 9.72 Å². The molecule has 0 amide bonds. The molecule has 0 aliphatic heterocycles. The maximum atomic E-state index is 11.3. The number of methoxy groups -OCH3 is 1. The highest BCUT2D eigenvalue weighted by molar-refractivity contribution is 6.67. The Hall–Kier alpha value is -1.42. The molecular weight excluding hydrogens is 218 g/mol. The van der Waals surface area contributed by atoms with Gasteiger partial charge in [-0.3, -0.25) is 9.78 Å². The zero-order valence-corrected chi connectivity index (χ0v) is 9.38. The van der Waals surface area contributed by atoms with Crippen molar-refractivity contribution in [3.05, 3.63) is 28.6 Å². The van der Waals surface area contributed by atoms with E-state index in [4.69, 9.17) is 11.6 Å². The second kappa shape index (κ2) is 4.40. The van der Waals surface area contributed by atoms with Crippen molar-refractivity contribution in [2.24, 2.45) is 0 Å². The van der Waals surface area contributed by atoms with E-state index in [1.165, 1.54) is 13.2 Å². The van der Waals surface area contributed by atoms with E-state index >= 15 is 0 Å². The Bertz CT molecular complexity index is 429. The summed E-state index contributed by atoms with van der Waals surface area (Å²) in [6.07, 6.45) is 0. The molecule has 1 aromatic rings. The molecule has 1 aromatic heterocycles. The predicted molar refractivity (Wildman–Crippen MR) is 55.2 cm³/mol. The molecule has 0 aliphatic carbocycles. The van der Waals surface area contributed by atoms with Gasteiger partial charge >= 0.3 is 5.97 Å². The number of ether oxygens (including phenoxy) is 1. The van der Waals surface area contributed by atoms with Gasteiger partial charge in [-0.2, -0.15) is 0 Å². The lowest BCUT2D eigenvalue weighted by Crippen LogP contribution is -2.09. The largest absolute Gasteiger partial charge is 0.465 e. The molecule has 15 heavy (non-hydrogen) atoms. The fraction of sp³-hybridized carbons (Fsp3) is 0.300. The summed E-state index contributed by atoms with van der Waals surface area (Å²) in [6, 6.07) is 1.40. The van der Waals surface area contributed by atoms with E-state index in [1.54, 1.807) is 13.8 Å². The highest BCUT2D eigenvalue weighted by Crippen LogP contribution is 2.15. The van der Waals surface area contributed by atoms with Crippen molar-refractivity contribution in [3.8, 4) is 0 Å². The molecule has 0 N–H and O–H groups in total. The minimum Gasteiger partial charge on any atom is -0.465 e. The Balaban J connectivity index is 3.36. The normalized spacial score (nSPS) is 9.87. The lowest BCUT2D eigenvalue weighted by molar-refractivity contribution is 0.0599. The summed E-state index contributed by atoms with van der Waals surface area (Å²) in [4.78, 5) is 26.4. The molecule has 0 saturated heterocycles. The van der Waals surface area contributed by atoms with Gasteiger partial charge in [-0.15, -0.1) is 0 Å². The molecule has 0 fully saturated rings. The molecular formula is C10H10ClNO3. The van der Waals surface area contributed by atoms with Gasteiger partial charge in [-0.25, -0.2) is 4.79 Å². The molecule has 4 nitrogen and oxygen atoms in total. The van der Waals surface area contributed by atoms with Crippen LogP contribution in [0.2, 0.25) is 0 Å². The molecule has 0 unspecified atom stereocenters. The third-order valence-corrected chi connectivity index (χ3v) is 2.22. The van der Waals surface area contributed by atoms with Crippen molar-refractivity contribution in [1.29, 1.82) is 0 Å². The summed E-state index contributed by atoms with van der Waals surface area (Å²) in [7, 11) is 1.27. The number of carbonyl (C=O) groups is 2. The summed E-state index contributed by atoms with van der Waals surface area (Å²) in [6.45, 7) is 3.32. The minimum absolute atomic E-state index is 0.225. The van der Waals surface area contributed by atoms with E-state index in [0.717, 1.165) is 0 Å². The molecule has 0 bridgehead atoms. The standard InChI is InChI=1S/C10H10ClNO3/c1-5-7(9(11)13)4-8(6(2)12-5)10(14)15-3/h4H,1-3H3. The average molecular weight is 228 g/mol. The van der Waals surface area contributed by atoms with Crippen LogP contribution < -0.4 is 0 Å². The minimum atomic E-state index is -0.634. The van der Waals surface area contributed by atoms with Crippen LogP contribution in [0.25, 0.3) is 0 Å². The maximum absolute atomic E-state index is 11.3. The van der Waals surface area contributed by atoms with Gasteiger partial charge < -0.3 is 4.74 Å². The first-order chi connectivity index (χ1) is 6.97. The fourth-order valence-corrected chi connectivity index (χ4v) is 1.43. The number of carbonyl (C=O) groups excluding carboxylic acids is 2. The van der Waals surface area contributed by atoms with Gasteiger partial charge in [0.2, 0.25) is 0 Å². The quantitative estimate of drug-likeness (QED) is 0.572. The van der Waals surface area contributed by atoms with Crippen molar-refractivity contribution in [1.82, 2.24) is 4.98 Å². The van der Waals surface area contributed by atoms with Crippen LogP contribution in [0.4, 0.5) is 0 Å².